The van der Waals surface area contributed by atoms with E-state index in [4.69, 9.17) is 4.98 Å². The minimum absolute atomic E-state index is 0.305. The van der Waals surface area contributed by atoms with Gasteiger partial charge in [0.05, 0.1) is 12.7 Å². The van der Waals surface area contributed by atoms with Crippen molar-refractivity contribution in [2.75, 3.05) is 17.2 Å². The van der Waals surface area contributed by atoms with Crippen molar-refractivity contribution in [3.05, 3.63) is 60.2 Å². The molecule has 4 heterocycles. The fourth-order valence-electron chi connectivity index (χ4n) is 4.57. The zero-order valence-electron chi connectivity index (χ0n) is 25.1. The zero-order valence-corrected chi connectivity index (χ0v) is 25.1. The maximum atomic E-state index is 4.71. The fraction of sp³-hybridized carbons (Fsp3) is 0.484. The van der Waals surface area contributed by atoms with Crippen molar-refractivity contribution in [1.82, 2.24) is 39.0 Å². The lowest BCUT2D eigenvalue weighted by Crippen LogP contribution is -2.10. The maximum Gasteiger partial charge on any atom is 0.165 e. The summed E-state index contributed by atoms with van der Waals surface area (Å²) in [7, 11) is 0. The number of rotatable bonds is 10. The van der Waals surface area contributed by atoms with Crippen LogP contribution in [0.25, 0.3) is 23.0 Å². The molecule has 0 unspecified atom stereocenters. The Morgan fingerprint density at radius 3 is 1.85 bits per heavy atom. The van der Waals surface area contributed by atoms with Gasteiger partial charge in [-0.15, -0.1) is 0 Å². The van der Waals surface area contributed by atoms with Gasteiger partial charge in [-0.05, 0) is 38.2 Å². The highest BCUT2D eigenvalue weighted by atomic mass is 15.2. The number of hydrogen-bond acceptors (Lipinski definition) is 8. The van der Waals surface area contributed by atoms with Gasteiger partial charge in [0.25, 0.3) is 0 Å². The molecule has 1 aliphatic carbocycles. The highest BCUT2D eigenvalue weighted by Crippen LogP contribution is 2.34. The van der Waals surface area contributed by atoms with Crippen molar-refractivity contribution in [1.29, 1.82) is 0 Å². The minimum Gasteiger partial charge on any atom is -0.368 e. The van der Waals surface area contributed by atoms with E-state index in [0.29, 0.717) is 11.8 Å². The van der Waals surface area contributed by atoms with Gasteiger partial charge in [-0.1, -0.05) is 58.0 Å². The molecule has 216 valence electrons. The fourth-order valence-corrected chi connectivity index (χ4v) is 4.57. The predicted molar refractivity (Wildman–Crippen MR) is 163 cm³/mol. The van der Waals surface area contributed by atoms with E-state index in [1.54, 1.807) is 0 Å². The van der Waals surface area contributed by atoms with Gasteiger partial charge < -0.3 is 19.8 Å². The van der Waals surface area contributed by atoms with Crippen LogP contribution >= 0.6 is 0 Å². The number of benzene rings is 1. The van der Waals surface area contributed by atoms with Gasteiger partial charge in [-0.25, -0.2) is 29.9 Å². The summed E-state index contributed by atoms with van der Waals surface area (Å²) in [5.41, 5.74) is 2.98. The van der Waals surface area contributed by atoms with E-state index in [1.807, 2.05) is 35.4 Å². The largest absolute Gasteiger partial charge is 0.368 e. The lowest BCUT2D eigenvalue weighted by atomic mass is 10.2. The standard InChI is InChI=1S/C17H21N5.C14H21N5/c1-4-22-11-19-16(18-10-13-8-6-5-7-9-13)14-17(22)21-15(20-14)12(2)3;1-4-15-13-11-14(18-12(17-11)9(2)3)19(8-16-13)7-10-5-6-10/h5-9,11-12,18H,4,10H2,1-3H3;8-10,15H,4-7H2,1-3H3. The van der Waals surface area contributed by atoms with E-state index < -0.39 is 0 Å². The second-order valence-corrected chi connectivity index (χ2v) is 11.3. The number of nitrogens with zero attached hydrogens (tertiary/aromatic N) is 8. The van der Waals surface area contributed by atoms with Gasteiger partial charge in [0, 0.05) is 38.0 Å². The van der Waals surface area contributed by atoms with Crippen LogP contribution < -0.4 is 10.6 Å². The summed E-state index contributed by atoms with van der Waals surface area (Å²) in [6.07, 6.45) is 6.38. The Labute approximate surface area is 242 Å². The second-order valence-electron chi connectivity index (χ2n) is 11.3. The predicted octanol–water partition coefficient (Wildman–Crippen LogP) is 6.28. The van der Waals surface area contributed by atoms with Crippen LogP contribution in [0.4, 0.5) is 11.6 Å². The third-order valence-corrected chi connectivity index (χ3v) is 7.13. The number of aryl methyl sites for hydroxylation is 1. The molecule has 10 nitrogen and oxygen atoms in total. The average Bonchev–Trinajstić information content (AvgIpc) is 3.47. The molecule has 5 aliphatic rings. The lowest BCUT2D eigenvalue weighted by molar-refractivity contribution is 0.611. The molecular formula is C31H42N10. The third kappa shape index (κ3) is 6.64. The highest BCUT2D eigenvalue weighted by molar-refractivity contribution is 5.68. The molecule has 0 amide bonds. The molecule has 1 fully saturated rings. The molecule has 0 radical (unpaired) electrons. The second kappa shape index (κ2) is 12.6. The molecule has 0 atom stereocenters. The molecule has 41 heavy (non-hydrogen) atoms. The third-order valence-electron chi connectivity index (χ3n) is 7.13. The van der Waals surface area contributed by atoms with Crippen LogP contribution in [0.15, 0.2) is 43.0 Å². The number of imidazole rings is 2. The Balaban J connectivity index is 0.000000166. The first-order valence-corrected chi connectivity index (χ1v) is 14.8. The normalized spacial score (nSPS) is 13.2. The first-order chi connectivity index (χ1) is 19.9. The zero-order chi connectivity index (χ0) is 28.9. The van der Waals surface area contributed by atoms with E-state index in [2.05, 4.69) is 93.8 Å². The first kappa shape index (κ1) is 28.4. The molecule has 1 saturated carbocycles. The maximum absolute atomic E-state index is 4.71. The molecule has 0 spiro atoms. The van der Waals surface area contributed by atoms with Crippen molar-refractivity contribution < 1.29 is 0 Å². The number of fused-ring (bicyclic) bond motifs is 2. The Kier molecular flexibility index (Phi) is 8.75. The SMILES string of the molecule is CCNc1ncn(CC2CC2)c2nc(C(C)C)nc1-2.CCn1cnc(NCc2ccccc2)c2nc(C(C)C)nc1-2. The molecule has 6 rings (SSSR count). The van der Waals surface area contributed by atoms with Gasteiger partial charge in [0.2, 0.25) is 0 Å². The van der Waals surface area contributed by atoms with Gasteiger partial charge in [0.1, 0.15) is 11.6 Å². The smallest absolute Gasteiger partial charge is 0.165 e. The summed E-state index contributed by atoms with van der Waals surface area (Å²) >= 11 is 0. The van der Waals surface area contributed by atoms with Crippen molar-refractivity contribution in [2.24, 2.45) is 5.92 Å². The molecule has 1 aromatic rings. The van der Waals surface area contributed by atoms with Crippen molar-refractivity contribution in [2.45, 2.75) is 85.9 Å². The first-order valence-electron chi connectivity index (χ1n) is 14.8. The Hall–Kier alpha value is -4.08. The van der Waals surface area contributed by atoms with Crippen LogP contribution in [0.5, 0.6) is 0 Å². The molecular weight excluding hydrogens is 512 g/mol. The molecule has 0 aromatic heterocycles. The molecule has 1 aromatic carbocycles. The molecule has 0 bridgehead atoms. The summed E-state index contributed by atoms with van der Waals surface area (Å²) < 4.78 is 4.19. The quantitative estimate of drug-likeness (QED) is 0.208. The van der Waals surface area contributed by atoms with Crippen molar-refractivity contribution in [3.8, 4) is 23.0 Å². The molecule has 2 N–H and O–H groups in total. The van der Waals surface area contributed by atoms with Crippen LogP contribution in [0, 0.1) is 5.92 Å². The average molecular weight is 555 g/mol. The number of aromatic nitrogens is 8. The van der Waals surface area contributed by atoms with Gasteiger partial charge in [-0.2, -0.15) is 0 Å². The van der Waals surface area contributed by atoms with E-state index in [-0.39, 0.29) is 0 Å². The number of hydrogen-bond donors (Lipinski definition) is 2. The monoisotopic (exact) mass is 554 g/mol. The Bertz CT molecular complexity index is 1480. The van der Waals surface area contributed by atoms with Crippen molar-refractivity contribution >= 4 is 11.6 Å². The van der Waals surface area contributed by atoms with E-state index in [0.717, 1.165) is 78.4 Å². The Morgan fingerprint density at radius 2 is 1.32 bits per heavy atom. The van der Waals surface area contributed by atoms with Crippen LogP contribution in [0.1, 0.15) is 83.4 Å². The van der Waals surface area contributed by atoms with Gasteiger partial charge in [-0.3, -0.25) is 0 Å². The lowest BCUT2D eigenvalue weighted by Gasteiger charge is -2.12. The van der Waals surface area contributed by atoms with Crippen LogP contribution in [0.3, 0.4) is 0 Å². The van der Waals surface area contributed by atoms with Crippen LogP contribution in [0.2, 0.25) is 0 Å². The number of anilines is 2. The van der Waals surface area contributed by atoms with Crippen LogP contribution in [-0.4, -0.2) is 45.6 Å². The molecule has 10 heteroatoms. The summed E-state index contributed by atoms with van der Waals surface area (Å²) in [5, 5.41) is 6.65. The summed E-state index contributed by atoms with van der Waals surface area (Å²) in [6.45, 7) is 16.0. The summed E-state index contributed by atoms with van der Waals surface area (Å²) in [4.78, 5) is 27.7. The molecule has 0 saturated heterocycles. The summed E-state index contributed by atoms with van der Waals surface area (Å²) in [6, 6.07) is 10.3. The number of nitrogens with one attached hydrogen (secondary N) is 2. The van der Waals surface area contributed by atoms with E-state index >= 15 is 0 Å². The van der Waals surface area contributed by atoms with Crippen LogP contribution in [-0.2, 0) is 19.6 Å². The highest BCUT2D eigenvalue weighted by Gasteiger charge is 2.26. The van der Waals surface area contributed by atoms with Crippen molar-refractivity contribution in [3.63, 3.8) is 0 Å². The minimum atomic E-state index is 0.305. The van der Waals surface area contributed by atoms with Gasteiger partial charge >= 0.3 is 0 Å². The van der Waals surface area contributed by atoms with E-state index in [9.17, 15) is 0 Å². The van der Waals surface area contributed by atoms with Gasteiger partial charge in [0.15, 0.2) is 34.7 Å². The summed E-state index contributed by atoms with van der Waals surface area (Å²) in [5.74, 6) is 6.75. The van der Waals surface area contributed by atoms with E-state index in [1.165, 1.54) is 18.4 Å². The molecule has 4 aliphatic heterocycles. The topological polar surface area (TPSA) is 111 Å². The Morgan fingerprint density at radius 1 is 0.756 bits per heavy atom.